The lowest BCUT2D eigenvalue weighted by atomic mass is 9.70. The van der Waals surface area contributed by atoms with Crippen molar-refractivity contribution in [2.75, 3.05) is 13.7 Å². The van der Waals surface area contributed by atoms with Gasteiger partial charge < -0.3 is 20.1 Å². The zero-order valence-corrected chi connectivity index (χ0v) is 25.1. The normalized spacial score (nSPS) is 18.4. The molecule has 41 heavy (non-hydrogen) atoms. The first kappa shape index (κ1) is 28.8. The maximum atomic E-state index is 14.5. The predicted octanol–water partition coefficient (Wildman–Crippen LogP) is 5.56. The summed E-state index contributed by atoms with van der Waals surface area (Å²) in [6, 6.07) is 32.6. The topological polar surface area (TPSA) is 78.9 Å². The van der Waals surface area contributed by atoms with E-state index < -0.39 is 11.5 Å². The van der Waals surface area contributed by atoms with Crippen LogP contribution in [0.3, 0.4) is 0 Å². The van der Waals surface area contributed by atoms with Gasteiger partial charge in [0.2, 0.25) is 11.8 Å². The van der Waals surface area contributed by atoms with Crippen LogP contribution in [0.1, 0.15) is 40.3 Å². The average molecular weight is 661 g/mol. The molecule has 1 fully saturated rings. The molecule has 0 radical (unpaired) electrons. The number of aliphatic hydroxyl groups excluding tert-OH is 1. The number of likely N-dealkylation sites (tertiary alicyclic amines) is 1. The van der Waals surface area contributed by atoms with Crippen LogP contribution in [0.15, 0.2) is 103 Å². The van der Waals surface area contributed by atoms with Gasteiger partial charge in [-0.05, 0) is 75.0 Å². The molecule has 0 aromatic heterocycles. The van der Waals surface area contributed by atoms with Crippen molar-refractivity contribution in [1.29, 1.82) is 0 Å². The lowest BCUT2D eigenvalue weighted by Gasteiger charge is -2.38. The SMILES string of the molecule is COc1ccc(CCNC(=O)[C@@]2(c3ccccc3)CC(=O)N(Cc3ccccc3)[C@@H]2c2ccc(CO)cc2I)cc1. The molecule has 7 heteroatoms. The Morgan fingerprint density at radius 1 is 0.951 bits per heavy atom. The molecule has 0 spiro atoms. The van der Waals surface area contributed by atoms with E-state index in [1.165, 1.54) is 0 Å². The lowest BCUT2D eigenvalue weighted by molar-refractivity contribution is -0.130. The van der Waals surface area contributed by atoms with Gasteiger partial charge in [-0.1, -0.05) is 84.9 Å². The first-order chi connectivity index (χ1) is 20.0. The van der Waals surface area contributed by atoms with Crippen LogP contribution in [0.25, 0.3) is 0 Å². The van der Waals surface area contributed by atoms with Crippen molar-refractivity contribution >= 4 is 34.4 Å². The summed E-state index contributed by atoms with van der Waals surface area (Å²) in [5.41, 5.74) is 3.41. The summed E-state index contributed by atoms with van der Waals surface area (Å²) >= 11 is 2.26. The minimum Gasteiger partial charge on any atom is -0.497 e. The monoisotopic (exact) mass is 660 g/mol. The van der Waals surface area contributed by atoms with Gasteiger partial charge in [0.15, 0.2) is 0 Å². The average Bonchev–Trinajstić information content (AvgIpc) is 3.30. The molecule has 2 N–H and O–H groups in total. The molecule has 0 aliphatic carbocycles. The second kappa shape index (κ2) is 12.9. The maximum Gasteiger partial charge on any atom is 0.233 e. The zero-order valence-electron chi connectivity index (χ0n) is 22.9. The number of ether oxygens (including phenoxy) is 1. The van der Waals surface area contributed by atoms with Crippen LogP contribution in [0.2, 0.25) is 0 Å². The molecule has 4 aromatic carbocycles. The van der Waals surface area contributed by atoms with Gasteiger partial charge >= 0.3 is 0 Å². The number of hydrogen-bond acceptors (Lipinski definition) is 4. The number of amides is 2. The van der Waals surface area contributed by atoms with Gasteiger partial charge in [0, 0.05) is 23.1 Å². The predicted molar refractivity (Wildman–Crippen MR) is 167 cm³/mol. The van der Waals surface area contributed by atoms with Gasteiger partial charge in [-0.2, -0.15) is 0 Å². The molecule has 0 saturated carbocycles. The van der Waals surface area contributed by atoms with Crippen LogP contribution >= 0.6 is 22.6 Å². The summed E-state index contributed by atoms with van der Waals surface area (Å²) in [4.78, 5) is 30.3. The molecule has 1 aliphatic rings. The molecule has 6 nitrogen and oxygen atoms in total. The lowest BCUT2D eigenvalue weighted by Crippen LogP contribution is -2.49. The van der Waals surface area contributed by atoms with E-state index in [2.05, 4.69) is 27.9 Å². The molecule has 210 valence electrons. The Labute approximate surface area is 254 Å². The molecule has 1 heterocycles. The number of halogens is 1. The highest BCUT2D eigenvalue weighted by atomic mass is 127. The molecule has 4 aromatic rings. The minimum atomic E-state index is -1.15. The summed E-state index contributed by atoms with van der Waals surface area (Å²) in [5.74, 6) is 0.539. The number of aliphatic hydroxyl groups is 1. The van der Waals surface area contributed by atoms with Gasteiger partial charge in [-0.15, -0.1) is 0 Å². The molecule has 1 aliphatic heterocycles. The number of methoxy groups -OCH3 is 1. The minimum absolute atomic E-state index is 0.0563. The van der Waals surface area contributed by atoms with E-state index in [-0.39, 0.29) is 24.8 Å². The van der Waals surface area contributed by atoms with Crippen LogP contribution in [-0.2, 0) is 34.6 Å². The first-order valence-corrected chi connectivity index (χ1v) is 14.7. The van der Waals surface area contributed by atoms with Crippen LogP contribution in [0.4, 0.5) is 0 Å². The number of carbonyl (C=O) groups is 2. The van der Waals surface area contributed by atoms with Crippen molar-refractivity contribution in [3.8, 4) is 5.75 Å². The second-order valence-corrected chi connectivity index (χ2v) is 11.5. The smallest absolute Gasteiger partial charge is 0.233 e. The van der Waals surface area contributed by atoms with Gasteiger partial charge in [0.25, 0.3) is 0 Å². The van der Waals surface area contributed by atoms with E-state index >= 15 is 0 Å². The third-order valence-corrected chi connectivity index (χ3v) is 8.75. The van der Waals surface area contributed by atoms with Crippen molar-refractivity contribution in [3.63, 3.8) is 0 Å². The Morgan fingerprint density at radius 2 is 1.61 bits per heavy atom. The molecule has 2 atom stereocenters. The van der Waals surface area contributed by atoms with E-state index in [9.17, 15) is 14.7 Å². The van der Waals surface area contributed by atoms with Crippen molar-refractivity contribution in [2.45, 2.75) is 37.5 Å². The number of nitrogens with zero attached hydrogens (tertiary/aromatic N) is 1. The fourth-order valence-electron chi connectivity index (χ4n) is 5.73. The largest absolute Gasteiger partial charge is 0.497 e. The second-order valence-electron chi connectivity index (χ2n) is 10.3. The van der Waals surface area contributed by atoms with Crippen LogP contribution in [0, 0.1) is 3.57 Å². The van der Waals surface area contributed by atoms with Gasteiger partial charge in [0.1, 0.15) is 11.2 Å². The van der Waals surface area contributed by atoms with E-state index in [1.54, 1.807) is 7.11 Å². The van der Waals surface area contributed by atoms with Crippen molar-refractivity contribution in [2.24, 2.45) is 0 Å². The molecule has 2 amide bonds. The molecule has 0 unspecified atom stereocenters. The van der Waals surface area contributed by atoms with E-state index in [4.69, 9.17) is 4.74 Å². The molecule has 0 bridgehead atoms. The van der Waals surface area contributed by atoms with E-state index in [0.29, 0.717) is 19.5 Å². The fraction of sp³-hybridized carbons (Fsp3) is 0.235. The number of rotatable bonds is 10. The highest BCUT2D eigenvalue weighted by Crippen LogP contribution is 2.51. The Hall–Kier alpha value is -3.69. The standard InChI is InChI=1S/C34H33IN2O4/c1-41-28-15-12-24(13-16-28)18-19-36-33(40)34(27-10-6-3-7-11-27)21-31(39)37(22-25-8-4-2-5-9-25)32(34)29-17-14-26(23-38)20-30(29)35/h2-17,20,32,38H,18-19,21-23H2,1H3,(H,36,40)/t32-,34-/m1/s1. The number of nitrogens with one attached hydrogen (secondary N) is 1. The Balaban J connectivity index is 1.56. The van der Waals surface area contributed by atoms with Crippen molar-refractivity contribution in [1.82, 2.24) is 10.2 Å². The van der Waals surface area contributed by atoms with Gasteiger partial charge in [-0.25, -0.2) is 0 Å². The van der Waals surface area contributed by atoms with E-state index in [0.717, 1.165) is 37.1 Å². The fourth-order valence-corrected chi connectivity index (χ4v) is 6.61. The number of carbonyl (C=O) groups excluding carboxylic acids is 2. The maximum absolute atomic E-state index is 14.5. The van der Waals surface area contributed by atoms with Crippen LogP contribution in [-0.4, -0.2) is 35.5 Å². The number of hydrogen-bond donors (Lipinski definition) is 2. The summed E-state index contributed by atoms with van der Waals surface area (Å²) in [6.45, 7) is 0.735. The van der Waals surface area contributed by atoms with Crippen LogP contribution in [0.5, 0.6) is 5.75 Å². The molecule has 1 saturated heterocycles. The summed E-state index contributed by atoms with van der Waals surface area (Å²) < 4.78 is 6.16. The zero-order chi connectivity index (χ0) is 28.8. The van der Waals surface area contributed by atoms with Crippen molar-refractivity contribution < 1.29 is 19.4 Å². The van der Waals surface area contributed by atoms with Crippen molar-refractivity contribution in [3.05, 3.63) is 135 Å². The Morgan fingerprint density at radius 3 is 2.24 bits per heavy atom. The number of benzene rings is 4. The first-order valence-electron chi connectivity index (χ1n) is 13.7. The highest BCUT2D eigenvalue weighted by Gasteiger charge is 2.58. The highest BCUT2D eigenvalue weighted by molar-refractivity contribution is 14.1. The summed E-state index contributed by atoms with van der Waals surface area (Å²) in [7, 11) is 1.64. The Kier molecular flexibility index (Phi) is 9.05. The summed E-state index contributed by atoms with van der Waals surface area (Å²) in [6.07, 6.45) is 0.705. The third kappa shape index (κ3) is 6.01. The van der Waals surface area contributed by atoms with Crippen LogP contribution < -0.4 is 10.1 Å². The van der Waals surface area contributed by atoms with E-state index in [1.807, 2.05) is 108 Å². The van der Waals surface area contributed by atoms with Gasteiger partial charge in [0.05, 0.1) is 19.8 Å². The quantitative estimate of drug-likeness (QED) is 0.219. The molecule has 5 rings (SSSR count). The summed E-state index contributed by atoms with van der Waals surface area (Å²) in [5, 5.41) is 13.0. The molecular formula is C34H33IN2O4. The Bertz CT molecular complexity index is 1490. The third-order valence-electron chi connectivity index (χ3n) is 7.82. The molecular weight excluding hydrogens is 627 g/mol. The van der Waals surface area contributed by atoms with Gasteiger partial charge in [-0.3, -0.25) is 9.59 Å².